The van der Waals surface area contributed by atoms with Crippen LogP contribution in [0.2, 0.25) is 0 Å². The first-order valence-electron chi connectivity index (χ1n) is 7.38. The van der Waals surface area contributed by atoms with Gasteiger partial charge in [0.2, 0.25) is 0 Å². The molecule has 19 heavy (non-hydrogen) atoms. The lowest BCUT2D eigenvalue weighted by Gasteiger charge is -2.38. The second-order valence-corrected chi connectivity index (χ2v) is 6.04. The predicted octanol–water partition coefficient (Wildman–Crippen LogP) is 4.10. The van der Waals surface area contributed by atoms with Crippen molar-refractivity contribution in [2.24, 2.45) is 5.92 Å². The van der Waals surface area contributed by atoms with Crippen molar-refractivity contribution in [1.29, 1.82) is 0 Å². The van der Waals surface area contributed by atoms with E-state index in [0.717, 1.165) is 48.1 Å². The minimum atomic E-state index is -0.639. The van der Waals surface area contributed by atoms with E-state index in [1.807, 2.05) is 6.92 Å². The molecule has 0 bridgehead atoms. The van der Waals surface area contributed by atoms with Gasteiger partial charge in [0.05, 0.1) is 12.7 Å². The van der Waals surface area contributed by atoms with Crippen LogP contribution in [0.5, 0.6) is 5.75 Å². The highest BCUT2D eigenvalue weighted by atomic mass is 16.5. The summed E-state index contributed by atoms with van der Waals surface area (Å²) >= 11 is 0. The molecule has 1 N–H and O–H groups in total. The van der Waals surface area contributed by atoms with E-state index >= 15 is 0 Å². The SMILES string of the molecule is CCC1CCCC(O)(c2cc(C)c(OC)cc2C)C1. The van der Waals surface area contributed by atoms with Crippen molar-refractivity contribution in [3.63, 3.8) is 0 Å². The molecule has 0 saturated heterocycles. The highest BCUT2D eigenvalue weighted by Gasteiger charge is 2.36. The summed E-state index contributed by atoms with van der Waals surface area (Å²) in [5.41, 5.74) is 2.71. The zero-order valence-corrected chi connectivity index (χ0v) is 12.6. The molecule has 2 rings (SSSR count). The van der Waals surface area contributed by atoms with Gasteiger partial charge in [-0.05, 0) is 67.9 Å². The molecule has 1 aromatic carbocycles. The van der Waals surface area contributed by atoms with Crippen LogP contribution in [-0.2, 0) is 5.60 Å². The average molecular weight is 262 g/mol. The summed E-state index contributed by atoms with van der Waals surface area (Å²) in [5.74, 6) is 1.56. The summed E-state index contributed by atoms with van der Waals surface area (Å²) < 4.78 is 5.36. The number of hydrogen-bond acceptors (Lipinski definition) is 2. The number of hydrogen-bond donors (Lipinski definition) is 1. The molecular weight excluding hydrogens is 236 g/mol. The van der Waals surface area contributed by atoms with Crippen LogP contribution in [0.3, 0.4) is 0 Å². The molecule has 2 nitrogen and oxygen atoms in total. The second kappa shape index (κ2) is 5.54. The molecule has 1 fully saturated rings. The van der Waals surface area contributed by atoms with Crippen LogP contribution in [-0.4, -0.2) is 12.2 Å². The van der Waals surface area contributed by atoms with Crippen molar-refractivity contribution < 1.29 is 9.84 Å². The Hall–Kier alpha value is -1.02. The molecule has 0 radical (unpaired) electrons. The van der Waals surface area contributed by atoms with Gasteiger partial charge >= 0.3 is 0 Å². The smallest absolute Gasteiger partial charge is 0.122 e. The molecule has 1 aromatic rings. The third kappa shape index (κ3) is 2.79. The summed E-state index contributed by atoms with van der Waals surface area (Å²) in [6.07, 6.45) is 5.33. The fourth-order valence-corrected chi connectivity index (χ4v) is 3.47. The Morgan fingerprint density at radius 2 is 2.05 bits per heavy atom. The van der Waals surface area contributed by atoms with Crippen LogP contribution in [0.25, 0.3) is 0 Å². The minimum absolute atomic E-state index is 0.639. The Labute approximate surface area is 116 Å². The maximum atomic E-state index is 11.1. The molecule has 0 aliphatic heterocycles. The number of ether oxygens (including phenoxy) is 1. The number of rotatable bonds is 3. The Kier molecular flexibility index (Phi) is 4.19. The van der Waals surface area contributed by atoms with Gasteiger partial charge in [0.25, 0.3) is 0 Å². The number of aryl methyl sites for hydroxylation is 2. The molecule has 0 aromatic heterocycles. The van der Waals surface area contributed by atoms with Crippen LogP contribution in [0, 0.1) is 19.8 Å². The van der Waals surface area contributed by atoms with Crippen molar-refractivity contribution in [2.45, 2.75) is 58.5 Å². The van der Waals surface area contributed by atoms with Gasteiger partial charge in [-0.2, -0.15) is 0 Å². The van der Waals surface area contributed by atoms with Crippen LogP contribution >= 0.6 is 0 Å². The van der Waals surface area contributed by atoms with Crippen molar-refractivity contribution in [3.05, 3.63) is 28.8 Å². The van der Waals surface area contributed by atoms with E-state index in [-0.39, 0.29) is 0 Å². The predicted molar refractivity (Wildman–Crippen MR) is 78.6 cm³/mol. The quantitative estimate of drug-likeness (QED) is 0.888. The van der Waals surface area contributed by atoms with Crippen molar-refractivity contribution in [1.82, 2.24) is 0 Å². The summed E-state index contributed by atoms with van der Waals surface area (Å²) in [6, 6.07) is 4.17. The standard InChI is InChI=1S/C17H26O2/c1-5-14-7-6-8-17(18,11-14)15-9-13(3)16(19-4)10-12(15)2/h9-10,14,18H,5-8,11H2,1-4H3. The third-order valence-electron chi connectivity index (χ3n) is 4.65. The molecule has 0 amide bonds. The number of benzene rings is 1. The fourth-order valence-electron chi connectivity index (χ4n) is 3.47. The van der Waals surface area contributed by atoms with Crippen molar-refractivity contribution in [3.8, 4) is 5.75 Å². The van der Waals surface area contributed by atoms with E-state index in [2.05, 4.69) is 26.0 Å². The molecule has 0 heterocycles. The lowest BCUT2D eigenvalue weighted by Crippen LogP contribution is -2.33. The number of methoxy groups -OCH3 is 1. The van der Waals surface area contributed by atoms with Gasteiger partial charge in [0.15, 0.2) is 0 Å². The monoisotopic (exact) mass is 262 g/mol. The topological polar surface area (TPSA) is 29.5 Å². The van der Waals surface area contributed by atoms with E-state index in [1.54, 1.807) is 7.11 Å². The maximum Gasteiger partial charge on any atom is 0.122 e. The molecular formula is C17H26O2. The van der Waals surface area contributed by atoms with E-state index in [1.165, 1.54) is 6.42 Å². The van der Waals surface area contributed by atoms with Crippen molar-refractivity contribution >= 4 is 0 Å². The van der Waals surface area contributed by atoms with Gasteiger partial charge in [-0.1, -0.05) is 19.8 Å². The second-order valence-electron chi connectivity index (χ2n) is 6.04. The first kappa shape index (κ1) is 14.4. The zero-order chi connectivity index (χ0) is 14.0. The first-order valence-corrected chi connectivity index (χ1v) is 7.38. The lowest BCUT2D eigenvalue weighted by atomic mass is 9.72. The normalized spacial score (nSPS) is 27.3. The first-order chi connectivity index (χ1) is 9.00. The zero-order valence-electron chi connectivity index (χ0n) is 12.6. The number of aliphatic hydroxyl groups is 1. The summed E-state index contributed by atoms with van der Waals surface area (Å²) in [6.45, 7) is 6.35. The molecule has 1 saturated carbocycles. The average Bonchev–Trinajstić information content (AvgIpc) is 2.40. The Bertz CT molecular complexity index is 453. The lowest BCUT2D eigenvalue weighted by molar-refractivity contribution is -0.0222. The molecule has 1 aliphatic rings. The third-order valence-corrected chi connectivity index (χ3v) is 4.65. The van der Waals surface area contributed by atoms with Gasteiger partial charge in [-0.3, -0.25) is 0 Å². The van der Waals surface area contributed by atoms with Crippen LogP contribution in [0.1, 0.15) is 55.7 Å². The molecule has 0 spiro atoms. The Balaban J connectivity index is 2.37. The van der Waals surface area contributed by atoms with Crippen LogP contribution in [0.4, 0.5) is 0 Å². The van der Waals surface area contributed by atoms with Crippen molar-refractivity contribution in [2.75, 3.05) is 7.11 Å². The highest BCUT2D eigenvalue weighted by molar-refractivity contribution is 5.44. The molecule has 2 heteroatoms. The van der Waals surface area contributed by atoms with Crippen LogP contribution < -0.4 is 4.74 Å². The summed E-state index contributed by atoms with van der Waals surface area (Å²) in [7, 11) is 1.70. The molecule has 106 valence electrons. The fraction of sp³-hybridized carbons (Fsp3) is 0.647. The Morgan fingerprint density at radius 3 is 2.68 bits per heavy atom. The largest absolute Gasteiger partial charge is 0.496 e. The summed E-state index contributed by atoms with van der Waals surface area (Å²) in [4.78, 5) is 0. The highest BCUT2D eigenvalue weighted by Crippen LogP contribution is 2.43. The van der Waals surface area contributed by atoms with E-state index in [0.29, 0.717) is 5.92 Å². The minimum Gasteiger partial charge on any atom is -0.496 e. The summed E-state index contributed by atoms with van der Waals surface area (Å²) in [5, 5.41) is 11.1. The maximum absolute atomic E-state index is 11.1. The van der Waals surface area contributed by atoms with E-state index < -0.39 is 5.60 Å². The van der Waals surface area contributed by atoms with E-state index in [9.17, 15) is 5.11 Å². The van der Waals surface area contributed by atoms with Gasteiger partial charge in [0.1, 0.15) is 5.75 Å². The Morgan fingerprint density at radius 1 is 1.32 bits per heavy atom. The van der Waals surface area contributed by atoms with Gasteiger partial charge < -0.3 is 9.84 Å². The molecule has 2 unspecified atom stereocenters. The van der Waals surface area contributed by atoms with Gasteiger partial charge in [-0.15, -0.1) is 0 Å². The van der Waals surface area contributed by atoms with E-state index in [4.69, 9.17) is 4.74 Å². The van der Waals surface area contributed by atoms with Gasteiger partial charge in [0, 0.05) is 0 Å². The van der Waals surface area contributed by atoms with Gasteiger partial charge in [-0.25, -0.2) is 0 Å². The molecule has 1 aliphatic carbocycles. The molecule has 2 atom stereocenters. The van der Waals surface area contributed by atoms with Crippen LogP contribution in [0.15, 0.2) is 12.1 Å².